The summed E-state index contributed by atoms with van der Waals surface area (Å²) in [6.07, 6.45) is 28.7. The average Bonchev–Trinajstić information content (AvgIpc) is 3.84. The molecule has 1 aromatic rings. The molecule has 0 radical (unpaired) electrons. The highest BCUT2D eigenvalue weighted by molar-refractivity contribution is 5.79. The first kappa shape index (κ1) is 68.3. The number of nitrogens with zero attached hydrogens (tertiary/aromatic N) is 3. The summed E-state index contributed by atoms with van der Waals surface area (Å²) < 4.78 is 34.1. The highest BCUT2D eigenvalue weighted by Crippen LogP contribution is 2.29. The van der Waals surface area contributed by atoms with Gasteiger partial charge in [-0.2, -0.15) is 0 Å². The van der Waals surface area contributed by atoms with Gasteiger partial charge < -0.3 is 38.2 Å². The van der Waals surface area contributed by atoms with Gasteiger partial charge >= 0.3 is 35.9 Å². The summed E-state index contributed by atoms with van der Waals surface area (Å²) in [5, 5.41) is 0. The van der Waals surface area contributed by atoms with Crippen molar-refractivity contribution in [3.63, 3.8) is 0 Å². The molecule has 0 unspecified atom stereocenters. The molecule has 0 spiro atoms. The number of ether oxygens (including phenoxy) is 6. The third-order valence-corrected chi connectivity index (χ3v) is 14.3. The highest BCUT2D eigenvalue weighted by Gasteiger charge is 2.38. The molecule has 2 atom stereocenters. The number of hydrogen-bond donors (Lipinski definition) is 0. The molecule has 1 aromatic heterocycles. The number of likely N-dealkylation sites (N-methyl/N-ethyl adjacent to an activating group) is 1. The fraction of sp³-hybridized carbons (Fsp3) is 0.803. The van der Waals surface area contributed by atoms with E-state index >= 15 is 0 Å². The Bertz CT molecular complexity index is 1680. The van der Waals surface area contributed by atoms with Crippen LogP contribution in [0.1, 0.15) is 233 Å². The van der Waals surface area contributed by atoms with Crippen LogP contribution in [0.15, 0.2) is 24.5 Å². The van der Waals surface area contributed by atoms with Gasteiger partial charge in [-0.3, -0.25) is 33.8 Å². The number of aromatic nitrogens is 1. The van der Waals surface area contributed by atoms with Crippen molar-refractivity contribution in [2.45, 2.75) is 239 Å². The predicted molar refractivity (Wildman–Crippen MR) is 300 cm³/mol. The van der Waals surface area contributed by atoms with Gasteiger partial charge in [-0.1, -0.05) is 156 Å². The molecule has 2 heterocycles. The number of esters is 5. The lowest BCUT2D eigenvalue weighted by Gasteiger charge is -2.25. The molecule has 0 aliphatic carbocycles. The number of rotatable bonds is 48. The highest BCUT2D eigenvalue weighted by atomic mass is 16.6. The number of amides is 1. The molecule has 0 bridgehead atoms. The Morgan fingerprint density at radius 1 is 0.519 bits per heavy atom. The molecular weight excluding hydrogens is 983 g/mol. The van der Waals surface area contributed by atoms with Gasteiger partial charge in [0.1, 0.15) is 19.0 Å². The molecule has 0 aromatic carbocycles. The Hall–Kier alpha value is -4.76. The first-order valence-corrected chi connectivity index (χ1v) is 30.2. The molecule has 16 nitrogen and oxygen atoms in total. The molecular formula is C61H103N3O13. The maximum atomic E-state index is 13.9. The number of hydrogen-bond acceptors (Lipinski definition) is 15. The second-order valence-corrected chi connectivity index (χ2v) is 21.5. The molecule has 0 N–H and O–H groups in total. The van der Waals surface area contributed by atoms with Crippen LogP contribution in [0.2, 0.25) is 0 Å². The number of anilines is 1. The van der Waals surface area contributed by atoms with Crippen molar-refractivity contribution in [2.75, 3.05) is 64.7 Å². The average molecular weight is 1090 g/mol. The van der Waals surface area contributed by atoms with Gasteiger partial charge in [0.2, 0.25) is 0 Å². The molecule has 440 valence electrons. The zero-order valence-electron chi connectivity index (χ0n) is 48.6. The summed E-state index contributed by atoms with van der Waals surface area (Å²) >= 11 is 0. The largest absolute Gasteiger partial charge is 0.465 e. The number of Topliss-reactive ketones (excluding diaryl/α,β-unsaturated/α-hetero) is 1. The zero-order valence-corrected chi connectivity index (χ0v) is 48.6. The standard InChI is InChI=1S/C61H103N3O13/c1-6-10-14-18-22-26-30-56(66)73-45-51(46-74-57(67)31-27-23-19-15-11-7-2)42-55(65)41-50-40-54(64(44-50)61(71)72-39-38-63(5)53-34-36-62-37-35-53)49-77-60(70)43-52(47-75-58(68)32-28-24-20-16-12-8-3)48-76-59(69)33-29-25-21-17-13-9-4/h34-37,50-52,54H,6-33,38-49H2,1-5H3/t50-,54-/m1/s1. The normalized spacial score (nSPS) is 14.1. The van der Waals surface area contributed by atoms with E-state index in [1.54, 1.807) is 12.4 Å². The van der Waals surface area contributed by atoms with Gasteiger partial charge in [0, 0.05) is 82.0 Å². The number of likely N-dealkylation sites (tertiary alicyclic amines) is 1. The minimum Gasteiger partial charge on any atom is -0.465 e. The predicted octanol–water partition coefficient (Wildman–Crippen LogP) is 13.0. The minimum absolute atomic E-state index is 0.00495. The molecule has 1 aliphatic rings. The molecule has 77 heavy (non-hydrogen) atoms. The van der Waals surface area contributed by atoms with Crippen LogP contribution in [0, 0.1) is 17.8 Å². The second kappa shape index (κ2) is 45.1. The van der Waals surface area contributed by atoms with Gasteiger partial charge in [0.05, 0.1) is 45.4 Å². The van der Waals surface area contributed by atoms with Crippen molar-refractivity contribution in [1.82, 2.24) is 9.88 Å². The SMILES string of the molecule is CCCCCCCCC(=O)OCC(COC(=O)CCCCCCCC)CC(=O)C[C@H]1C[C@H](COC(=O)CC(COC(=O)CCCCCCCC)COC(=O)CCCCCCCC)N(C(=O)OCCN(C)c2ccncc2)C1. The first-order valence-electron chi connectivity index (χ1n) is 30.2. The van der Waals surface area contributed by atoms with E-state index in [1.807, 2.05) is 24.1 Å². The maximum Gasteiger partial charge on any atom is 0.410 e. The lowest BCUT2D eigenvalue weighted by Crippen LogP contribution is -2.40. The maximum absolute atomic E-state index is 13.9. The van der Waals surface area contributed by atoms with E-state index < -0.39 is 29.9 Å². The number of carbonyl (C=O) groups is 7. The van der Waals surface area contributed by atoms with Crippen LogP contribution < -0.4 is 4.90 Å². The van der Waals surface area contributed by atoms with Crippen LogP contribution in [-0.4, -0.2) is 117 Å². The van der Waals surface area contributed by atoms with Crippen molar-refractivity contribution in [3.05, 3.63) is 24.5 Å². The van der Waals surface area contributed by atoms with E-state index in [4.69, 9.17) is 28.4 Å². The fourth-order valence-corrected chi connectivity index (χ4v) is 9.50. The van der Waals surface area contributed by atoms with E-state index in [-0.39, 0.29) is 127 Å². The van der Waals surface area contributed by atoms with Crippen LogP contribution in [-0.2, 0) is 57.2 Å². The van der Waals surface area contributed by atoms with Gasteiger partial charge in [-0.15, -0.1) is 0 Å². The van der Waals surface area contributed by atoms with Gasteiger partial charge in [-0.05, 0) is 50.2 Å². The number of carbonyl (C=O) groups excluding carboxylic acids is 7. The quantitative estimate of drug-likeness (QED) is 0.0339. The number of unbranched alkanes of at least 4 members (excludes halogenated alkanes) is 20. The van der Waals surface area contributed by atoms with Crippen LogP contribution in [0.25, 0.3) is 0 Å². The van der Waals surface area contributed by atoms with Crippen molar-refractivity contribution in [2.24, 2.45) is 17.8 Å². The molecule has 0 saturated carbocycles. The van der Waals surface area contributed by atoms with E-state index in [0.29, 0.717) is 25.8 Å². The Morgan fingerprint density at radius 3 is 1.32 bits per heavy atom. The Labute approximate surface area is 463 Å². The Kier molecular flexibility index (Phi) is 40.1. The second-order valence-electron chi connectivity index (χ2n) is 21.5. The summed E-state index contributed by atoms with van der Waals surface area (Å²) in [6, 6.07) is 3.09. The van der Waals surface area contributed by atoms with Crippen molar-refractivity contribution in [3.8, 4) is 0 Å². The molecule has 1 amide bonds. The van der Waals surface area contributed by atoms with Crippen LogP contribution in [0.4, 0.5) is 10.5 Å². The van der Waals surface area contributed by atoms with E-state index in [1.165, 1.54) is 17.7 Å². The lowest BCUT2D eigenvalue weighted by atomic mass is 9.94. The van der Waals surface area contributed by atoms with Crippen molar-refractivity contribution < 1.29 is 62.0 Å². The summed E-state index contributed by atoms with van der Waals surface area (Å²) in [5.74, 6) is -3.67. The molecule has 2 rings (SSSR count). The topological polar surface area (TPSA) is 194 Å². The molecule has 1 saturated heterocycles. The van der Waals surface area contributed by atoms with Gasteiger partial charge in [0.15, 0.2) is 0 Å². The first-order chi connectivity index (χ1) is 37.4. The van der Waals surface area contributed by atoms with Crippen LogP contribution in [0.3, 0.4) is 0 Å². The zero-order chi connectivity index (χ0) is 56.1. The molecule has 16 heteroatoms. The third-order valence-electron chi connectivity index (χ3n) is 14.3. The summed E-state index contributed by atoms with van der Waals surface area (Å²) in [7, 11) is 1.88. The smallest absolute Gasteiger partial charge is 0.410 e. The molecule has 1 fully saturated rings. The monoisotopic (exact) mass is 1090 g/mol. The minimum atomic E-state index is -0.644. The van der Waals surface area contributed by atoms with Crippen molar-refractivity contribution in [1.29, 1.82) is 0 Å². The van der Waals surface area contributed by atoms with Gasteiger partial charge in [0.25, 0.3) is 0 Å². The van der Waals surface area contributed by atoms with Crippen LogP contribution in [0.5, 0.6) is 0 Å². The fourth-order valence-electron chi connectivity index (χ4n) is 9.50. The third kappa shape index (κ3) is 35.4. The summed E-state index contributed by atoms with van der Waals surface area (Å²) in [6.45, 7) is 8.74. The number of ketones is 1. The van der Waals surface area contributed by atoms with Crippen molar-refractivity contribution >= 4 is 47.4 Å². The van der Waals surface area contributed by atoms with Crippen LogP contribution >= 0.6 is 0 Å². The van der Waals surface area contributed by atoms with Gasteiger partial charge in [-0.25, -0.2) is 4.79 Å². The van der Waals surface area contributed by atoms with E-state index in [9.17, 15) is 33.6 Å². The summed E-state index contributed by atoms with van der Waals surface area (Å²) in [5.41, 5.74) is 0.900. The van der Waals surface area contributed by atoms with E-state index in [2.05, 4.69) is 32.7 Å². The Morgan fingerprint density at radius 2 is 0.909 bits per heavy atom. The number of pyridine rings is 1. The Balaban J connectivity index is 2.15. The summed E-state index contributed by atoms with van der Waals surface area (Å²) in [4.78, 5) is 99.9. The lowest BCUT2D eigenvalue weighted by molar-refractivity contribution is -0.155. The molecule has 1 aliphatic heterocycles. The van der Waals surface area contributed by atoms with E-state index in [0.717, 1.165) is 134 Å².